The summed E-state index contributed by atoms with van der Waals surface area (Å²) in [5.41, 5.74) is 7.26. The van der Waals surface area contributed by atoms with Crippen molar-refractivity contribution < 1.29 is 4.52 Å². The Morgan fingerprint density at radius 1 is 1.31 bits per heavy atom. The normalized spacial score (nSPS) is 10.2. The summed E-state index contributed by atoms with van der Waals surface area (Å²) in [6, 6.07) is 5.55. The largest absolute Gasteiger partial charge is 0.356 e. The molecule has 0 aliphatic heterocycles. The first-order chi connectivity index (χ1) is 6.40. The van der Waals surface area contributed by atoms with E-state index in [2.05, 4.69) is 10.1 Å². The van der Waals surface area contributed by atoms with Crippen LogP contribution in [0.15, 0.2) is 35.1 Å². The van der Waals surface area contributed by atoms with Crippen molar-refractivity contribution in [2.45, 2.75) is 6.54 Å². The Morgan fingerprint density at radius 2 is 2.23 bits per heavy atom. The molecule has 0 aliphatic carbocycles. The lowest BCUT2D eigenvalue weighted by Gasteiger charge is -1.97. The summed E-state index contributed by atoms with van der Waals surface area (Å²) >= 11 is 0. The number of hydrogen-bond donors (Lipinski definition) is 1. The van der Waals surface area contributed by atoms with Crippen molar-refractivity contribution in [2.75, 3.05) is 0 Å². The molecule has 0 aliphatic rings. The van der Waals surface area contributed by atoms with E-state index in [4.69, 9.17) is 10.3 Å². The van der Waals surface area contributed by atoms with E-state index in [0.29, 0.717) is 6.54 Å². The van der Waals surface area contributed by atoms with E-state index in [1.54, 1.807) is 18.5 Å². The van der Waals surface area contributed by atoms with E-state index >= 15 is 0 Å². The van der Waals surface area contributed by atoms with Crippen LogP contribution in [-0.2, 0) is 6.54 Å². The van der Waals surface area contributed by atoms with Gasteiger partial charge in [0.1, 0.15) is 0 Å². The van der Waals surface area contributed by atoms with Crippen LogP contribution >= 0.6 is 0 Å². The van der Waals surface area contributed by atoms with Crippen LogP contribution in [0.4, 0.5) is 0 Å². The maximum Gasteiger partial charge on any atom is 0.166 e. The summed E-state index contributed by atoms with van der Waals surface area (Å²) in [4.78, 5) is 4.08. The Labute approximate surface area is 75.4 Å². The molecule has 0 bridgehead atoms. The Kier molecular flexibility index (Phi) is 2.06. The zero-order valence-corrected chi connectivity index (χ0v) is 6.97. The first kappa shape index (κ1) is 7.94. The van der Waals surface area contributed by atoms with E-state index in [-0.39, 0.29) is 0 Å². The lowest BCUT2D eigenvalue weighted by Crippen LogP contribution is -1.98. The van der Waals surface area contributed by atoms with Crippen LogP contribution in [0, 0.1) is 0 Å². The maximum absolute atomic E-state index is 5.46. The molecule has 0 spiro atoms. The fourth-order valence-corrected chi connectivity index (χ4v) is 1.11. The van der Waals surface area contributed by atoms with E-state index in [1.165, 1.54) is 0 Å². The Bertz CT molecular complexity index is 384. The molecule has 0 saturated carbocycles. The summed E-state index contributed by atoms with van der Waals surface area (Å²) < 4.78 is 5.00. The minimum atomic E-state index is 0.433. The lowest BCUT2D eigenvalue weighted by atomic mass is 10.2. The molecule has 2 heterocycles. The molecule has 0 saturated heterocycles. The number of aromatic nitrogens is 2. The molecule has 4 heteroatoms. The number of pyridine rings is 1. The highest BCUT2D eigenvalue weighted by atomic mass is 16.5. The lowest BCUT2D eigenvalue weighted by molar-refractivity contribution is 0.432. The van der Waals surface area contributed by atoms with Gasteiger partial charge in [-0.2, -0.15) is 0 Å². The number of rotatable bonds is 2. The molecule has 0 unspecified atom stereocenters. The minimum absolute atomic E-state index is 0.433. The van der Waals surface area contributed by atoms with Gasteiger partial charge in [0.05, 0.1) is 11.9 Å². The van der Waals surface area contributed by atoms with Gasteiger partial charge in [-0.15, -0.1) is 0 Å². The topological polar surface area (TPSA) is 64.9 Å². The highest BCUT2D eigenvalue weighted by Gasteiger charge is 2.01. The predicted octanol–water partition coefficient (Wildman–Crippen LogP) is 1.20. The SMILES string of the molecule is NCc1cc(-c2ccno2)ccn1. The first-order valence-corrected chi connectivity index (χ1v) is 3.96. The molecule has 13 heavy (non-hydrogen) atoms. The van der Waals surface area contributed by atoms with Crippen molar-refractivity contribution in [1.29, 1.82) is 0 Å². The number of nitrogens with zero attached hydrogens (tertiary/aromatic N) is 2. The number of hydrogen-bond acceptors (Lipinski definition) is 4. The second kappa shape index (κ2) is 3.37. The van der Waals surface area contributed by atoms with Gasteiger partial charge in [-0.3, -0.25) is 4.98 Å². The van der Waals surface area contributed by atoms with Crippen molar-refractivity contribution in [1.82, 2.24) is 10.1 Å². The summed E-state index contributed by atoms with van der Waals surface area (Å²) in [7, 11) is 0. The molecule has 2 rings (SSSR count). The molecule has 0 amide bonds. The fraction of sp³-hybridized carbons (Fsp3) is 0.111. The molecule has 2 aromatic rings. The van der Waals surface area contributed by atoms with Crippen LogP contribution < -0.4 is 5.73 Å². The monoisotopic (exact) mass is 175 g/mol. The van der Waals surface area contributed by atoms with Gasteiger partial charge in [-0.05, 0) is 12.1 Å². The Balaban J connectivity index is 2.41. The quantitative estimate of drug-likeness (QED) is 0.744. The van der Waals surface area contributed by atoms with Crippen molar-refractivity contribution in [3.05, 3.63) is 36.3 Å². The molecule has 0 fully saturated rings. The molecule has 2 N–H and O–H groups in total. The fourth-order valence-electron chi connectivity index (χ4n) is 1.11. The van der Waals surface area contributed by atoms with Gasteiger partial charge in [0, 0.05) is 24.4 Å². The molecule has 66 valence electrons. The van der Waals surface area contributed by atoms with Crippen molar-refractivity contribution in [3.8, 4) is 11.3 Å². The highest BCUT2D eigenvalue weighted by molar-refractivity contribution is 5.56. The molecule has 0 atom stereocenters. The van der Waals surface area contributed by atoms with E-state index in [9.17, 15) is 0 Å². The van der Waals surface area contributed by atoms with Crippen LogP contribution in [0.2, 0.25) is 0 Å². The van der Waals surface area contributed by atoms with Gasteiger partial charge >= 0.3 is 0 Å². The predicted molar refractivity (Wildman–Crippen MR) is 47.6 cm³/mol. The highest BCUT2D eigenvalue weighted by Crippen LogP contribution is 2.17. The van der Waals surface area contributed by atoms with E-state index < -0.39 is 0 Å². The average molecular weight is 175 g/mol. The molecule has 0 radical (unpaired) electrons. The van der Waals surface area contributed by atoms with Crippen LogP contribution in [-0.4, -0.2) is 10.1 Å². The summed E-state index contributed by atoms with van der Waals surface area (Å²) in [6.45, 7) is 0.433. The average Bonchev–Trinajstić information content (AvgIpc) is 2.71. The Morgan fingerprint density at radius 3 is 2.92 bits per heavy atom. The third-order valence-electron chi connectivity index (χ3n) is 1.75. The summed E-state index contributed by atoms with van der Waals surface area (Å²) in [6.07, 6.45) is 3.32. The number of nitrogens with two attached hydrogens (primary N) is 1. The van der Waals surface area contributed by atoms with Crippen molar-refractivity contribution in [2.24, 2.45) is 5.73 Å². The van der Waals surface area contributed by atoms with E-state index in [1.807, 2.05) is 12.1 Å². The van der Waals surface area contributed by atoms with Crippen LogP contribution in [0.25, 0.3) is 11.3 Å². The summed E-state index contributed by atoms with van der Waals surface area (Å²) in [5.74, 6) is 0.733. The summed E-state index contributed by atoms with van der Waals surface area (Å²) in [5, 5.41) is 3.63. The Hall–Kier alpha value is -1.68. The molecular formula is C9H9N3O. The zero-order valence-electron chi connectivity index (χ0n) is 6.97. The molecule has 0 aromatic carbocycles. The van der Waals surface area contributed by atoms with Crippen molar-refractivity contribution in [3.63, 3.8) is 0 Å². The van der Waals surface area contributed by atoms with Gasteiger partial charge in [0.2, 0.25) is 0 Å². The van der Waals surface area contributed by atoms with Crippen LogP contribution in [0.3, 0.4) is 0 Å². The van der Waals surface area contributed by atoms with Gasteiger partial charge in [-0.1, -0.05) is 5.16 Å². The minimum Gasteiger partial charge on any atom is -0.356 e. The molecule has 2 aromatic heterocycles. The first-order valence-electron chi connectivity index (χ1n) is 3.96. The zero-order chi connectivity index (χ0) is 9.10. The second-order valence-corrected chi connectivity index (χ2v) is 2.62. The van der Waals surface area contributed by atoms with Gasteiger partial charge in [0.25, 0.3) is 0 Å². The third-order valence-corrected chi connectivity index (χ3v) is 1.75. The van der Waals surface area contributed by atoms with Crippen LogP contribution in [0.1, 0.15) is 5.69 Å². The van der Waals surface area contributed by atoms with Gasteiger partial charge < -0.3 is 10.3 Å². The van der Waals surface area contributed by atoms with Crippen molar-refractivity contribution >= 4 is 0 Å². The third kappa shape index (κ3) is 1.57. The second-order valence-electron chi connectivity index (χ2n) is 2.62. The van der Waals surface area contributed by atoms with Gasteiger partial charge in [-0.25, -0.2) is 0 Å². The smallest absolute Gasteiger partial charge is 0.166 e. The standard InChI is InChI=1S/C9H9N3O/c10-6-8-5-7(1-3-11-8)9-2-4-12-13-9/h1-5H,6,10H2. The molecule has 4 nitrogen and oxygen atoms in total. The van der Waals surface area contributed by atoms with Gasteiger partial charge in [0.15, 0.2) is 5.76 Å². The van der Waals surface area contributed by atoms with Crippen LogP contribution in [0.5, 0.6) is 0 Å². The van der Waals surface area contributed by atoms with E-state index in [0.717, 1.165) is 17.0 Å². The molecular weight excluding hydrogens is 166 g/mol. The maximum atomic E-state index is 5.46.